The molecule has 1 aromatic rings. The summed E-state index contributed by atoms with van der Waals surface area (Å²) in [6.07, 6.45) is 0.0213. The smallest absolute Gasteiger partial charge is 0.105 e. The molecule has 1 atom stereocenters. The van der Waals surface area contributed by atoms with E-state index in [2.05, 4.69) is 34.5 Å². The van der Waals surface area contributed by atoms with E-state index in [4.69, 9.17) is 9.47 Å². The number of benzene rings is 1. The molecule has 0 aliphatic carbocycles. The fourth-order valence-corrected chi connectivity index (χ4v) is 2.47. The van der Waals surface area contributed by atoms with Crippen LogP contribution in [0.1, 0.15) is 17.2 Å². The molecule has 1 N–H and O–H groups in total. The van der Waals surface area contributed by atoms with E-state index >= 15 is 0 Å². The fourth-order valence-electron chi connectivity index (χ4n) is 2.47. The molecule has 1 aromatic carbocycles. The molecule has 0 saturated carbocycles. The Morgan fingerprint density at radius 3 is 2.74 bits per heavy atom. The van der Waals surface area contributed by atoms with E-state index in [1.807, 2.05) is 0 Å². The highest BCUT2D eigenvalue weighted by molar-refractivity contribution is 5.25. The zero-order valence-electron chi connectivity index (χ0n) is 11.9. The highest BCUT2D eigenvalue weighted by atomic mass is 16.5. The van der Waals surface area contributed by atoms with E-state index in [0.29, 0.717) is 6.61 Å². The van der Waals surface area contributed by atoms with Crippen molar-refractivity contribution in [3.63, 3.8) is 0 Å². The van der Waals surface area contributed by atoms with Crippen LogP contribution in [0.4, 0.5) is 0 Å². The molecule has 0 amide bonds. The summed E-state index contributed by atoms with van der Waals surface area (Å²) in [7, 11) is 3.43. The largest absolute Gasteiger partial charge is 0.382 e. The van der Waals surface area contributed by atoms with E-state index < -0.39 is 0 Å². The molecule has 0 spiro atoms. The maximum Gasteiger partial charge on any atom is 0.105 e. The third kappa shape index (κ3) is 4.28. The molecule has 1 aliphatic rings. The maximum atomic E-state index is 5.47. The minimum Gasteiger partial charge on any atom is -0.382 e. The van der Waals surface area contributed by atoms with Crippen LogP contribution in [0.2, 0.25) is 0 Å². The second kappa shape index (κ2) is 7.60. The maximum absolute atomic E-state index is 5.47. The summed E-state index contributed by atoms with van der Waals surface area (Å²) in [6.45, 7) is 6.02. The van der Waals surface area contributed by atoms with Crippen LogP contribution >= 0.6 is 0 Å². The Labute approximate surface area is 115 Å². The van der Waals surface area contributed by atoms with Crippen LogP contribution in [0.3, 0.4) is 0 Å². The number of nitrogens with zero attached hydrogens (tertiary/aromatic N) is 1. The van der Waals surface area contributed by atoms with Gasteiger partial charge < -0.3 is 14.8 Å². The molecule has 2 rings (SSSR count). The van der Waals surface area contributed by atoms with Gasteiger partial charge in [-0.1, -0.05) is 24.3 Å². The predicted octanol–water partition coefficient (Wildman–Crippen LogP) is 1.43. The lowest BCUT2D eigenvalue weighted by Gasteiger charge is -2.27. The molecule has 19 heavy (non-hydrogen) atoms. The first kappa shape index (κ1) is 14.5. The molecule has 106 valence electrons. The Bertz CT molecular complexity index is 378. The molecule has 1 unspecified atom stereocenters. The summed E-state index contributed by atoms with van der Waals surface area (Å²) in [4.78, 5) is 2.48. The molecule has 0 aromatic heterocycles. The second-order valence-corrected chi connectivity index (χ2v) is 4.95. The number of piperazine rings is 1. The third-order valence-corrected chi connectivity index (χ3v) is 3.54. The van der Waals surface area contributed by atoms with Crippen molar-refractivity contribution in [2.24, 2.45) is 0 Å². The lowest BCUT2D eigenvalue weighted by molar-refractivity contribution is 0.0274. The number of hydrogen-bond acceptors (Lipinski definition) is 4. The zero-order valence-corrected chi connectivity index (χ0v) is 11.9. The van der Waals surface area contributed by atoms with Crippen LogP contribution in [0.5, 0.6) is 0 Å². The number of nitrogens with one attached hydrogen (secondary N) is 1. The van der Waals surface area contributed by atoms with Crippen molar-refractivity contribution in [3.8, 4) is 0 Å². The van der Waals surface area contributed by atoms with Gasteiger partial charge in [0.2, 0.25) is 0 Å². The van der Waals surface area contributed by atoms with Gasteiger partial charge in [-0.05, 0) is 11.1 Å². The van der Waals surface area contributed by atoms with E-state index in [0.717, 1.165) is 32.7 Å². The molecule has 0 bridgehead atoms. The van der Waals surface area contributed by atoms with Gasteiger partial charge in [-0.3, -0.25) is 4.90 Å². The standard InChI is InChI=1S/C15H24N2O2/c1-18-12-15(19-2)14-5-3-4-13(10-14)11-17-8-6-16-7-9-17/h3-5,10,15-16H,6-9,11-12H2,1-2H3. The van der Waals surface area contributed by atoms with Gasteiger partial charge in [0.15, 0.2) is 0 Å². The van der Waals surface area contributed by atoms with Crippen molar-refractivity contribution in [3.05, 3.63) is 35.4 Å². The summed E-state index contributed by atoms with van der Waals surface area (Å²) in [5.41, 5.74) is 2.54. The summed E-state index contributed by atoms with van der Waals surface area (Å²) < 4.78 is 10.7. The van der Waals surface area contributed by atoms with Crippen molar-refractivity contribution < 1.29 is 9.47 Å². The van der Waals surface area contributed by atoms with Crippen molar-refractivity contribution in [1.82, 2.24) is 10.2 Å². The number of rotatable bonds is 6. The van der Waals surface area contributed by atoms with Crippen LogP contribution in [0, 0.1) is 0 Å². The Morgan fingerprint density at radius 1 is 1.26 bits per heavy atom. The van der Waals surface area contributed by atoms with Gasteiger partial charge in [0.05, 0.1) is 6.61 Å². The molecule has 4 heteroatoms. The summed E-state index contributed by atoms with van der Waals surface area (Å²) in [6, 6.07) is 8.63. The summed E-state index contributed by atoms with van der Waals surface area (Å²) in [5.74, 6) is 0. The normalized spacial score (nSPS) is 18.4. The van der Waals surface area contributed by atoms with E-state index in [-0.39, 0.29) is 6.10 Å². The highest BCUT2D eigenvalue weighted by Crippen LogP contribution is 2.19. The van der Waals surface area contributed by atoms with Crippen LogP contribution in [-0.4, -0.2) is 51.9 Å². The average Bonchev–Trinajstić information content (AvgIpc) is 2.46. The molecule has 0 radical (unpaired) electrons. The van der Waals surface area contributed by atoms with Gasteiger partial charge in [-0.25, -0.2) is 0 Å². The SMILES string of the molecule is COCC(OC)c1cccc(CN2CCNCC2)c1. The minimum atomic E-state index is 0.0213. The van der Waals surface area contributed by atoms with Gasteiger partial charge in [0, 0.05) is 46.9 Å². The monoisotopic (exact) mass is 264 g/mol. The van der Waals surface area contributed by atoms with Gasteiger partial charge >= 0.3 is 0 Å². The van der Waals surface area contributed by atoms with Crippen LogP contribution in [-0.2, 0) is 16.0 Å². The lowest BCUT2D eigenvalue weighted by atomic mass is 10.1. The zero-order chi connectivity index (χ0) is 13.5. The minimum absolute atomic E-state index is 0.0213. The van der Waals surface area contributed by atoms with E-state index in [1.54, 1.807) is 14.2 Å². The third-order valence-electron chi connectivity index (χ3n) is 3.54. The van der Waals surface area contributed by atoms with Crippen LogP contribution < -0.4 is 5.32 Å². The lowest BCUT2D eigenvalue weighted by Crippen LogP contribution is -2.42. The van der Waals surface area contributed by atoms with Gasteiger partial charge in [-0.2, -0.15) is 0 Å². The van der Waals surface area contributed by atoms with Crippen molar-refractivity contribution in [1.29, 1.82) is 0 Å². The van der Waals surface area contributed by atoms with Gasteiger partial charge in [-0.15, -0.1) is 0 Å². The first-order chi connectivity index (χ1) is 9.33. The van der Waals surface area contributed by atoms with E-state index in [9.17, 15) is 0 Å². The Hall–Kier alpha value is -0.940. The van der Waals surface area contributed by atoms with Crippen LogP contribution in [0.25, 0.3) is 0 Å². The molecular weight excluding hydrogens is 240 g/mol. The Kier molecular flexibility index (Phi) is 5.79. The van der Waals surface area contributed by atoms with Gasteiger partial charge in [0.1, 0.15) is 6.10 Å². The second-order valence-electron chi connectivity index (χ2n) is 4.95. The number of ether oxygens (including phenoxy) is 2. The Balaban J connectivity index is 2.01. The predicted molar refractivity (Wildman–Crippen MR) is 76.2 cm³/mol. The van der Waals surface area contributed by atoms with Gasteiger partial charge in [0.25, 0.3) is 0 Å². The van der Waals surface area contributed by atoms with Crippen molar-refractivity contribution in [2.75, 3.05) is 47.0 Å². The molecule has 1 heterocycles. The summed E-state index contributed by atoms with van der Waals surface area (Å²) in [5, 5.41) is 3.38. The highest BCUT2D eigenvalue weighted by Gasteiger charge is 2.13. The molecule has 1 aliphatic heterocycles. The number of methoxy groups -OCH3 is 2. The first-order valence-corrected chi connectivity index (χ1v) is 6.87. The molecule has 1 saturated heterocycles. The van der Waals surface area contributed by atoms with E-state index in [1.165, 1.54) is 11.1 Å². The number of hydrogen-bond donors (Lipinski definition) is 1. The quantitative estimate of drug-likeness (QED) is 0.842. The van der Waals surface area contributed by atoms with Crippen LogP contribution in [0.15, 0.2) is 24.3 Å². The summed E-state index contributed by atoms with van der Waals surface area (Å²) >= 11 is 0. The topological polar surface area (TPSA) is 33.7 Å². The average molecular weight is 264 g/mol. The fraction of sp³-hybridized carbons (Fsp3) is 0.600. The first-order valence-electron chi connectivity index (χ1n) is 6.87. The van der Waals surface area contributed by atoms with Crippen molar-refractivity contribution in [2.45, 2.75) is 12.6 Å². The van der Waals surface area contributed by atoms with Crippen molar-refractivity contribution >= 4 is 0 Å². The molecular formula is C15H24N2O2. The Morgan fingerprint density at radius 2 is 2.05 bits per heavy atom. The molecule has 4 nitrogen and oxygen atoms in total. The molecule has 1 fully saturated rings.